The van der Waals surface area contributed by atoms with Crippen molar-refractivity contribution in [3.05, 3.63) is 137 Å². The number of ether oxygens (including phenoxy) is 4. The molecule has 5 rings (SSSR count). The number of hydrogen-bond donors (Lipinski definition) is 1. The lowest BCUT2D eigenvalue weighted by atomic mass is 9.85. The molecule has 1 saturated heterocycles. The van der Waals surface area contributed by atoms with Crippen molar-refractivity contribution in [2.45, 2.75) is 44.4 Å². The molecule has 44 heavy (non-hydrogen) atoms. The lowest BCUT2D eigenvalue weighted by Crippen LogP contribution is -2.50. The molecule has 1 fully saturated rings. The number of rotatable bonds is 14. The number of nitrogens with one attached hydrogen (secondary N) is 1. The highest BCUT2D eigenvalue weighted by atomic mass is 19.1. The lowest BCUT2D eigenvalue weighted by molar-refractivity contribution is -0.0659. The third kappa shape index (κ3) is 8.89. The summed E-state index contributed by atoms with van der Waals surface area (Å²) < 4.78 is 79.4. The zero-order valence-corrected chi connectivity index (χ0v) is 24.2. The summed E-state index contributed by atoms with van der Waals surface area (Å²) in [6, 6.07) is 24.3. The van der Waals surface area contributed by atoms with Crippen LogP contribution in [0, 0.1) is 23.3 Å². The van der Waals surface area contributed by atoms with Crippen LogP contribution in [0.3, 0.4) is 0 Å². The van der Waals surface area contributed by atoms with E-state index in [1.165, 1.54) is 24.3 Å². The summed E-state index contributed by atoms with van der Waals surface area (Å²) in [5, 5.41) is 3.28. The van der Waals surface area contributed by atoms with E-state index in [1.54, 1.807) is 0 Å². The molecule has 9 heteroatoms. The highest BCUT2D eigenvalue weighted by molar-refractivity contribution is 5.32. The Morgan fingerprint density at radius 3 is 1.80 bits per heavy atom. The van der Waals surface area contributed by atoms with Gasteiger partial charge in [-0.3, -0.25) is 0 Å². The van der Waals surface area contributed by atoms with E-state index >= 15 is 0 Å². The molecular formula is C35H35F4NO4. The summed E-state index contributed by atoms with van der Waals surface area (Å²) >= 11 is 0. The van der Waals surface area contributed by atoms with E-state index in [-0.39, 0.29) is 30.3 Å². The van der Waals surface area contributed by atoms with Crippen LogP contribution in [0.2, 0.25) is 0 Å². The average Bonchev–Trinajstić information content (AvgIpc) is 3.03. The predicted octanol–water partition coefficient (Wildman–Crippen LogP) is 7.09. The van der Waals surface area contributed by atoms with Crippen molar-refractivity contribution >= 4 is 0 Å². The van der Waals surface area contributed by atoms with Gasteiger partial charge in [0.05, 0.1) is 45.2 Å². The lowest BCUT2D eigenvalue weighted by Gasteiger charge is -2.39. The second kappa shape index (κ2) is 15.8. The molecule has 5 nitrogen and oxygen atoms in total. The van der Waals surface area contributed by atoms with Gasteiger partial charge < -0.3 is 24.3 Å². The van der Waals surface area contributed by atoms with Crippen LogP contribution in [0.5, 0.6) is 5.75 Å². The van der Waals surface area contributed by atoms with Crippen molar-refractivity contribution in [3.8, 4) is 5.75 Å². The van der Waals surface area contributed by atoms with Gasteiger partial charge in [0.1, 0.15) is 29.0 Å². The quantitative estimate of drug-likeness (QED) is 0.122. The molecule has 0 amide bonds. The van der Waals surface area contributed by atoms with Gasteiger partial charge in [0.15, 0.2) is 0 Å². The maximum absolute atomic E-state index is 14.3. The van der Waals surface area contributed by atoms with Gasteiger partial charge >= 0.3 is 0 Å². The van der Waals surface area contributed by atoms with Crippen LogP contribution in [-0.4, -0.2) is 38.5 Å². The van der Waals surface area contributed by atoms with Crippen molar-refractivity contribution < 1.29 is 36.5 Å². The minimum Gasteiger partial charge on any atom is -0.494 e. The summed E-state index contributed by atoms with van der Waals surface area (Å²) in [4.78, 5) is 0. The highest BCUT2D eigenvalue weighted by Gasteiger charge is 2.36. The van der Waals surface area contributed by atoms with Crippen molar-refractivity contribution in [2.75, 3.05) is 26.3 Å². The molecule has 0 saturated carbocycles. The van der Waals surface area contributed by atoms with E-state index < -0.39 is 35.5 Å². The molecule has 1 aliphatic heterocycles. The molecule has 0 aromatic heterocycles. The Balaban J connectivity index is 1.22. The van der Waals surface area contributed by atoms with Gasteiger partial charge in [-0.25, -0.2) is 17.6 Å². The van der Waals surface area contributed by atoms with Gasteiger partial charge in [-0.1, -0.05) is 54.6 Å². The molecule has 4 aromatic carbocycles. The first kappa shape index (κ1) is 31.7. The molecule has 0 aliphatic carbocycles. The summed E-state index contributed by atoms with van der Waals surface area (Å²) in [6.45, 7) is 2.40. The summed E-state index contributed by atoms with van der Waals surface area (Å²) in [6.07, 6.45) is -0.149. The van der Waals surface area contributed by atoms with Gasteiger partial charge in [0.25, 0.3) is 0 Å². The number of halogens is 4. The van der Waals surface area contributed by atoms with Crippen molar-refractivity contribution in [3.63, 3.8) is 0 Å². The third-order valence-electron chi connectivity index (χ3n) is 7.51. The summed E-state index contributed by atoms with van der Waals surface area (Å²) in [7, 11) is 0. The zero-order chi connectivity index (χ0) is 30.7. The van der Waals surface area contributed by atoms with Crippen LogP contribution < -0.4 is 10.1 Å². The van der Waals surface area contributed by atoms with Gasteiger partial charge in [-0.2, -0.15) is 0 Å². The second-order valence-electron chi connectivity index (χ2n) is 10.7. The molecule has 0 bridgehead atoms. The van der Waals surface area contributed by atoms with Crippen LogP contribution in [0.15, 0.2) is 91.0 Å². The monoisotopic (exact) mass is 609 g/mol. The normalized spacial score (nSPS) is 18.3. The maximum atomic E-state index is 14.3. The number of benzene rings is 4. The van der Waals surface area contributed by atoms with Crippen molar-refractivity contribution in [1.82, 2.24) is 5.32 Å². The van der Waals surface area contributed by atoms with E-state index in [2.05, 4.69) is 5.32 Å². The summed E-state index contributed by atoms with van der Waals surface area (Å²) in [5.74, 6) is -2.29. The highest BCUT2D eigenvalue weighted by Crippen LogP contribution is 2.33. The van der Waals surface area contributed by atoms with Gasteiger partial charge in [0, 0.05) is 48.7 Å². The molecular weight excluding hydrogens is 574 g/mol. The smallest absolute Gasteiger partial charge is 0.131 e. The minimum atomic E-state index is -0.683. The fourth-order valence-corrected chi connectivity index (χ4v) is 5.19. The van der Waals surface area contributed by atoms with Gasteiger partial charge in [-0.05, 0) is 35.4 Å². The summed E-state index contributed by atoms with van der Waals surface area (Å²) in [5.41, 5.74) is 2.49. The van der Waals surface area contributed by atoms with Crippen LogP contribution in [-0.2, 0) is 34.0 Å². The maximum Gasteiger partial charge on any atom is 0.131 e. The van der Waals surface area contributed by atoms with Crippen LogP contribution >= 0.6 is 0 Å². The van der Waals surface area contributed by atoms with Crippen LogP contribution in [0.1, 0.15) is 34.6 Å². The molecule has 0 unspecified atom stereocenters. The van der Waals surface area contributed by atoms with Gasteiger partial charge in [0.2, 0.25) is 0 Å². The van der Waals surface area contributed by atoms with Crippen molar-refractivity contribution in [2.24, 2.45) is 0 Å². The Labute approximate surface area is 254 Å². The van der Waals surface area contributed by atoms with Gasteiger partial charge in [-0.15, -0.1) is 0 Å². The molecule has 232 valence electrons. The predicted molar refractivity (Wildman–Crippen MR) is 158 cm³/mol. The second-order valence-corrected chi connectivity index (χ2v) is 10.7. The fourth-order valence-electron chi connectivity index (χ4n) is 5.19. The number of piperidine rings is 1. The van der Waals surface area contributed by atoms with E-state index in [9.17, 15) is 17.6 Å². The van der Waals surface area contributed by atoms with Crippen LogP contribution in [0.4, 0.5) is 17.6 Å². The first-order valence-electron chi connectivity index (χ1n) is 14.6. The Hall–Kier alpha value is -3.76. The van der Waals surface area contributed by atoms with E-state index in [1.807, 2.05) is 54.6 Å². The van der Waals surface area contributed by atoms with E-state index in [0.29, 0.717) is 38.7 Å². The molecule has 1 aliphatic rings. The largest absolute Gasteiger partial charge is 0.494 e. The molecule has 4 aromatic rings. The Morgan fingerprint density at radius 2 is 1.23 bits per heavy atom. The Morgan fingerprint density at radius 1 is 0.636 bits per heavy atom. The Kier molecular flexibility index (Phi) is 11.4. The van der Waals surface area contributed by atoms with Crippen molar-refractivity contribution in [1.29, 1.82) is 0 Å². The molecule has 1 N–H and O–H groups in total. The topological polar surface area (TPSA) is 49.0 Å². The zero-order valence-electron chi connectivity index (χ0n) is 24.2. The molecule has 3 atom stereocenters. The number of hydrogen-bond acceptors (Lipinski definition) is 5. The van der Waals surface area contributed by atoms with E-state index in [4.69, 9.17) is 18.9 Å². The van der Waals surface area contributed by atoms with E-state index in [0.717, 1.165) is 29.7 Å². The molecule has 1 heterocycles. The first-order valence-corrected chi connectivity index (χ1v) is 14.6. The fraction of sp³-hybridized carbons (Fsp3) is 0.314. The molecule has 0 spiro atoms. The average molecular weight is 610 g/mol. The first-order chi connectivity index (χ1) is 21.5. The SMILES string of the molecule is Fc1ccc(CO[C@H]2CNC[C@@H](OCc3ccc(F)cc3F)[C@H]2c2ccc(OCCCOCc3ccccc3)cc2)c(F)c1. The molecule has 0 radical (unpaired) electrons. The minimum absolute atomic E-state index is 0.0677. The Bertz CT molecular complexity index is 1410. The third-order valence-corrected chi connectivity index (χ3v) is 7.51. The standard InChI is InChI=1S/C35H35F4NO4/c36-28-11-7-26(31(38)17-28)22-43-33-19-40-20-34(44-23-27-8-12-29(37)18-32(27)39)35(33)25-9-13-30(14-10-25)42-16-4-15-41-21-24-5-2-1-3-6-24/h1-3,5-14,17-18,33-35,40H,4,15-16,19-23H2/t33-,34+,35-. The van der Waals surface area contributed by atoms with Crippen LogP contribution in [0.25, 0.3) is 0 Å².